The molecule has 2 N–H and O–H groups in total. The van der Waals surface area contributed by atoms with Gasteiger partial charge in [-0.15, -0.1) is 0 Å². The van der Waals surface area contributed by atoms with Crippen LogP contribution in [0, 0.1) is 6.92 Å². The van der Waals surface area contributed by atoms with Gasteiger partial charge in [0.2, 0.25) is 5.91 Å². The van der Waals surface area contributed by atoms with Gasteiger partial charge in [0.25, 0.3) is 20.0 Å². The van der Waals surface area contributed by atoms with E-state index in [0.717, 1.165) is 9.87 Å². The van der Waals surface area contributed by atoms with Crippen molar-refractivity contribution in [3.8, 4) is 0 Å². The molecule has 0 aromatic heterocycles. The first kappa shape index (κ1) is 31.0. The molecule has 4 aromatic carbocycles. The van der Waals surface area contributed by atoms with Crippen LogP contribution in [0.5, 0.6) is 0 Å². The summed E-state index contributed by atoms with van der Waals surface area (Å²) < 4.78 is 56.0. The zero-order valence-corrected chi connectivity index (χ0v) is 25.8. The van der Waals surface area contributed by atoms with E-state index in [4.69, 9.17) is 46.4 Å². The molecule has 214 valence electrons. The number of hydrogen-bond donors (Lipinski definition) is 2. The number of halogens is 4. The number of carbonyl (C=O) groups is 1. The van der Waals surface area contributed by atoms with Gasteiger partial charge >= 0.3 is 0 Å². The quantitative estimate of drug-likeness (QED) is 0.195. The Hall–Kier alpha value is -2.99. The summed E-state index contributed by atoms with van der Waals surface area (Å²) in [6, 6.07) is 20.2. The fourth-order valence-corrected chi connectivity index (χ4v) is 6.81. The van der Waals surface area contributed by atoms with Crippen molar-refractivity contribution in [3.63, 3.8) is 0 Å². The number of anilines is 3. The summed E-state index contributed by atoms with van der Waals surface area (Å²) in [6.07, 6.45) is 0. The summed E-state index contributed by atoms with van der Waals surface area (Å²) in [5, 5.41) is 3.15. The second kappa shape index (κ2) is 12.5. The first-order valence-corrected chi connectivity index (χ1v) is 16.1. The van der Waals surface area contributed by atoms with E-state index in [9.17, 15) is 21.6 Å². The van der Waals surface area contributed by atoms with E-state index < -0.39 is 32.5 Å². The largest absolute Gasteiger partial charge is 0.325 e. The number of sulfonamides is 2. The SMILES string of the molecule is Cc1ccc(S(=O)(=O)N(CC(=O)Nc2ccc(S(=O)(=O)Nc3cccc(Cl)c3Cl)cc2)c2ccc(Cl)c(Cl)c2)cc1. The van der Waals surface area contributed by atoms with Crippen LogP contribution in [0.3, 0.4) is 0 Å². The lowest BCUT2D eigenvalue weighted by Gasteiger charge is -2.24. The van der Waals surface area contributed by atoms with Crippen molar-refractivity contribution in [1.82, 2.24) is 0 Å². The van der Waals surface area contributed by atoms with E-state index in [1.54, 1.807) is 18.2 Å². The Balaban J connectivity index is 1.55. The van der Waals surface area contributed by atoms with E-state index in [1.165, 1.54) is 66.7 Å². The van der Waals surface area contributed by atoms with Crippen LogP contribution in [0.25, 0.3) is 0 Å². The Morgan fingerprint density at radius 1 is 0.756 bits per heavy atom. The molecule has 0 aliphatic carbocycles. The van der Waals surface area contributed by atoms with Crippen LogP contribution in [0.15, 0.2) is 94.7 Å². The summed E-state index contributed by atoms with van der Waals surface area (Å²) >= 11 is 24.2. The molecule has 0 fully saturated rings. The molecule has 4 rings (SSSR count). The zero-order chi connectivity index (χ0) is 29.9. The van der Waals surface area contributed by atoms with Gasteiger partial charge in [-0.1, -0.05) is 70.2 Å². The second-order valence-electron chi connectivity index (χ2n) is 8.70. The van der Waals surface area contributed by atoms with E-state index in [0.29, 0.717) is 0 Å². The van der Waals surface area contributed by atoms with Gasteiger partial charge in [-0.2, -0.15) is 0 Å². The monoisotopic (exact) mass is 671 g/mol. The fraction of sp³-hybridized carbons (Fsp3) is 0.0741. The van der Waals surface area contributed by atoms with Crippen molar-refractivity contribution in [1.29, 1.82) is 0 Å². The average Bonchev–Trinajstić information content (AvgIpc) is 2.92. The summed E-state index contributed by atoms with van der Waals surface area (Å²) in [4.78, 5) is 12.9. The van der Waals surface area contributed by atoms with Crippen LogP contribution < -0.4 is 14.3 Å². The number of benzene rings is 4. The molecule has 14 heteroatoms. The lowest BCUT2D eigenvalue weighted by Crippen LogP contribution is -2.38. The Bertz CT molecular complexity index is 1820. The highest BCUT2D eigenvalue weighted by Crippen LogP contribution is 2.32. The molecule has 8 nitrogen and oxygen atoms in total. The molecular weight excluding hydrogens is 652 g/mol. The molecule has 0 saturated carbocycles. The molecule has 4 aromatic rings. The highest BCUT2D eigenvalue weighted by atomic mass is 35.5. The maximum absolute atomic E-state index is 13.6. The van der Waals surface area contributed by atoms with Gasteiger partial charge in [0.05, 0.1) is 41.3 Å². The lowest BCUT2D eigenvalue weighted by atomic mass is 10.2. The molecule has 0 aliphatic heterocycles. The minimum Gasteiger partial charge on any atom is -0.325 e. The van der Waals surface area contributed by atoms with E-state index in [-0.39, 0.29) is 46.9 Å². The first-order valence-electron chi connectivity index (χ1n) is 11.7. The van der Waals surface area contributed by atoms with Gasteiger partial charge in [0.15, 0.2) is 0 Å². The van der Waals surface area contributed by atoms with Gasteiger partial charge in [0.1, 0.15) is 6.54 Å². The van der Waals surface area contributed by atoms with Crippen molar-refractivity contribution in [3.05, 3.63) is 111 Å². The van der Waals surface area contributed by atoms with Gasteiger partial charge in [-0.05, 0) is 73.7 Å². The highest BCUT2D eigenvalue weighted by Gasteiger charge is 2.28. The minimum atomic E-state index is -4.19. The molecule has 0 aliphatic rings. The van der Waals surface area contributed by atoms with Crippen LogP contribution in [0.4, 0.5) is 17.1 Å². The van der Waals surface area contributed by atoms with Crippen molar-refractivity contribution in [2.75, 3.05) is 20.9 Å². The Kier molecular flexibility index (Phi) is 9.42. The average molecular weight is 673 g/mol. The van der Waals surface area contributed by atoms with Gasteiger partial charge < -0.3 is 5.32 Å². The normalized spacial score (nSPS) is 11.6. The smallest absolute Gasteiger partial charge is 0.264 e. The summed E-state index contributed by atoms with van der Waals surface area (Å²) in [7, 11) is -8.22. The van der Waals surface area contributed by atoms with E-state index >= 15 is 0 Å². The third kappa shape index (κ3) is 7.27. The number of aryl methyl sites for hydroxylation is 1. The summed E-state index contributed by atoms with van der Waals surface area (Å²) in [6.45, 7) is 1.21. The molecule has 0 atom stereocenters. The number of nitrogens with one attached hydrogen (secondary N) is 2. The Morgan fingerprint density at radius 3 is 2.02 bits per heavy atom. The van der Waals surface area contributed by atoms with Crippen molar-refractivity contribution in [2.24, 2.45) is 0 Å². The molecule has 1 amide bonds. The third-order valence-corrected chi connectivity index (χ3v) is 10.5. The maximum Gasteiger partial charge on any atom is 0.264 e. The molecule has 0 heterocycles. The van der Waals surface area contributed by atoms with Crippen LogP contribution in [-0.4, -0.2) is 29.3 Å². The number of nitrogens with zero attached hydrogens (tertiary/aromatic N) is 1. The van der Waals surface area contributed by atoms with Crippen LogP contribution >= 0.6 is 46.4 Å². The summed E-state index contributed by atoms with van der Waals surface area (Å²) in [5.41, 5.74) is 1.33. The van der Waals surface area contributed by atoms with E-state index in [1.807, 2.05) is 6.92 Å². The van der Waals surface area contributed by atoms with Crippen LogP contribution in [-0.2, 0) is 24.8 Å². The maximum atomic E-state index is 13.6. The molecule has 0 bridgehead atoms. The number of amides is 1. The topological polar surface area (TPSA) is 113 Å². The van der Waals surface area contributed by atoms with Gasteiger partial charge in [-0.3, -0.25) is 13.8 Å². The second-order valence-corrected chi connectivity index (χ2v) is 13.8. The van der Waals surface area contributed by atoms with Crippen LogP contribution in [0.1, 0.15) is 5.56 Å². The Labute approximate surface area is 257 Å². The standard InChI is InChI=1S/C27H21Cl4N3O5S2/c1-17-5-10-21(11-6-17)41(38,39)34(19-9-14-22(28)24(30)15-19)16-26(35)32-18-7-12-20(13-8-18)40(36,37)33-25-4-2-3-23(29)27(25)31/h2-15,33H,16H2,1H3,(H,32,35). The molecule has 41 heavy (non-hydrogen) atoms. The van der Waals surface area contributed by atoms with Crippen LogP contribution in [0.2, 0.25) is 20.1 Å². The number of hydrogen-bond acceptors (Lipinski definition) is 5. The lowest BCUT2D eigenvalue weighted by molar-refractivity contribution is -0.114. The summed E-state index contributed by atoms with van der Waals surface area (Å²) in [5.74, 6) is -0.689. The van der Waals surface area contributed by atoms with Crippen molar-refractivity contribution < 1.29 is 21.6 Å². The van der Waals surface area contributed by atoms with Crippen molar-refractivity contribution >= 4 is 89.4 Å². The number of rotatable bonds is 9. The molecule has 0 radical (unpaired) electrons. The highest BCUT2D eigenvalue weighted by molar-refractivity contribution is 7.93. The Morgan fingerprint density at radius 2 is 1.39 bits per heavy atom. The minimum absolute atomic E-state index is 0.0242. The van der Waals surface area contributed by atoms with E-state index in [2.05, 4.69) is 10.0 Å². The zero-order valence-electron chi connectivity index (χ0n) is 21.1. The molecule has 0 unspecified atom stereocenters. The predicted octanol–water partition coefficient (Wildman–Crippen LogP) is 7.24. The first-order chi connectivity index (χ1) is 19.3. The molecule has 0 spiro atoms. The van der Waals surface area contributed by atoms with Gasteiger partial charge in [0, 0.05) is 5.69 Å². The third-order valence-electron chi connectivity index (χ3n) is 5.73. The molecular formula is C27H21Cl4N3O5S2. The fourth-order valence-electron chi connectivity index (χ4n) is 3.63. The van der Waals surface area contributed by atoms with Gasteiger partial charge in [-0.25, -0.2) is 16.8 Å². The predicted molar refractivity (Wildman–Crippen MR) is 165 cm³/mol. The van der Waals surface area contributed by atoms with Crippen molar-refractivity contribution in [2.45, 2.75) is 16.7 Å². The molecule has 0 saturated heterocycles. The number of carbonyl (C=O) groups excluding carboxylic acids is 1.